The number of hydrogen-bond donors (Lipinski definition) is 1. The van der Waals surface area contributed by atoms with Crippen LogP contribution in [-0.2, 0) is 0 Å². The second-order valence-corrected chi connectivity index (χ2v) is 4.02. The molecule has 72 valence electrons. The van der Waals surface area contributed by atoms with E-state index in [-0.39, 0.29) is 0 Å². The standard InChI is InChI=1S/C10H22N2/c1-10(8-11-2)9-12-6-4-3-5-7-12/h10-11H,3-9H2,1-2H3. The Kier molecular flexibility index (Phi) is 4.62. The molecule has 1 saturated heterocycles. The molecule has 0 saturated carbocycles. The molecule has 0 aliphatic carbocycles. The molecule has 0 aromatic heterocycles. The predicted molar refractivity (Wildman–Crippen MR) is 53.4 cm³/mol. The lowest BCUT2D eigenvalue weighted by atomic mass is 10.1. The molecule has 0 spiro atoms. The summed E-state index contributed by atoms with van der Waals surface area (Å²) in [6.45, 7) is 7.41. The van der Waals surface area contributed by atoms with Gasteiger partial charge in [0.2, 0.25) is 0 Å². The lowest BCUT2D eigenvalue weighted by Gasteiger charge is -2.28. The predicted octanol–water partition coefficient (Wildman–Crippen LogP) is 1.33. The lowest BCUT2D eigenvalue weighted by Crippen LogP contribution is -2.36. The van der Waals surface area contributed by atoms with E-state index in [1.54, 1.807) is 0 Å². The fourth-order valence-electron chi connectivity index (χ4n) is 2.00. The zero-order chi connectivity index (χ0) is 8.81. The second-order valence-electron chi connectivity index (χ2n) is 4.02. The number of rotatable bonds is 4. The van der Waals surface area contributed by atoms with Gasteiger partial charge in [0.15, 0.2) is 0 Å². The van der Waals surface area contributed by atoms with Crippen LogP contribution in [0.1, 0.15) is 26.2 Å². The van der Waals surface area contributed by atoms with Gasteiger partial charge in [-0.15, -0.1) is 0 Å². The third-order valence-electron chi connectivity index (χ3n) is 2.57. The van der Waals surface area contributed by atoms with Gasteiger partial charge in [0.1, 0.15) is 0 Å². The van der Waals surface area contributed by atoms with Gasteiger partial charge in [-0.2, -0.15) is 0 Å². The van der Waals surface area contributed by atoms with Crippen molar-refractivity contribution in [1.82, 2.24) is 10.2 Å². The van der Waals surface area contributed by atoms with Crippen molar-refractivity contribution in [3.8, 4) is 0 Å². The Morgan fingerprint density at radius 1 is 1.25 bits per heavy atom. The first-order valence-electron chi connectivity index (χ1n) is 5.20. The minimum atomic E-state index is 0.799. The molecule has 12 heavy (non-hydrogen) atoms. The lowest BCUT2D eigenvalue weighted by molar-refractivity contribution is 0.200. The average Bonchev–Trinajstić information content (AvgIpc) is 2.06. The molecular formula is C10H22N2. The minimum absolute atomic E-state index is 0.799. The number of piperidine rings is 1. The number of nitrogens with one attached hydrogen (secondary N) is 1. The summed E-state index contributed by atoms with van der Waals surface area (Å²) < 4.78 is 0. The van der Waals surface area contributed by atoms with Crippen LogP contribution < -0.4 is 5.32 Å². The Hall–Kier alpha value is -0.0800. The van der Waals surface area contributed by atoms with Gasteiger partial charge in [0, 0.05) is 6.54 Å². The van der Waals surface area contributed by atoms with E-state index in [9.17, 15) is 0 Å². The highest BCUT2D eigenvalue weighted by Gasteiger charge is 2.12. The highest BCUT2D eigenvalue weighted by molar-refractivity contribution is 4.68. The summed E-state index contributed by atoms with van der Waals surface area (Å²) in [6.07, 6.45) is 4.26. The van der Waals surface area contributed by atoms with Gasteiger partial charge >= 0.3 is 0 Å². The summed E-state index contributed by atoms with van der Waals surface area (Å²) in [5, 5.41) is 3.23. The van der Waals surface area contributed by atoms with Crippen molar-refractivity contribution in [3.05, 3.63) is 0 Å². The first-order valence-corrected chi connectivity index (χ1v) is 5.20. The van der Waals surface area contributed by atoms with Gasteiger partial charge in [-0.1, -0.05) is 13.3 Å². The van der Waals surface area contributed by atoms with Crippen molar-refractivity contribution in [2.75, 3.05) is 33.2 Å². The van der Waals surface area contributed by atoms with Crippen LogP contribution in [0, 0.1) is 5.92 Å². The first-order chi connectivity index (χ1) is 5.83. The molecule has 0 amide bonds. The molecule has 0 bridgehead atoms. The average molecular weight is 170 g/mol. The summed E-state index contributed by atoms with van der Waals surface area (Å²) in [5.41, 5.74) is 0. The summed E-state index contributed by atoms with van der Waals surface area (Å²) in [6, 6.07) is 0. The largest absolute Gasteiger partial charge is 0.319 e. The van der Waals surface area contributed by atoms with Crippen molar-refractivity contribution in [2.45, 2.75) is 26.2 Å². The number of nitrogens with zero attached hydrogens (tertiary/aromatic N) is 1. The maximum Gasteiger partial charge on any atom is 0.00191 e. The highest BCUT2D eigenvalue weighted by Crippen LogP contribution is 2.10. The van der Waals surface area contributed by atoms with Crippen LogP contribution in [0.2, 0.25) is 0 Å². The van der Waals surface area contributed by atoms with E-state index in [1.807, 2.05) is 7.05 Å². The molecular weight excluding hydrogens is 148 g/mol. The van der Waals surface area contributed by atoms with Crippen molar-refractivity contribution in [1.29, 1.82) is 0 Å². The van der Waals surface area contributed by atoms with Crippen molar-refractivity contribution < 1.29 is 0 Å². The van der Waals surface area contributed by atoms with Crippen molar-refractivity contribution in [2.24, 2.45) is 5.92 Å². The molecule has 1 aliphatic rings. The van der Waals surface area contributed by atoms with E-state index in [4.69, 9.17) is 0 Å². The molecule has 0 aromatic rings. The summed E-state index contributed by atoms with van der Waals surface area (Å²) in [5.74, 6) is 0.799. The molecule has 1 N–H and O–H groups in total. The van der Waals surface area contributed by atoms with E-state index in [2.05, 4.69) is 17.1 Å². The quantitative estimate of drug-likeness (QED) is 0.684. The van der Waals surface area contributed by atoms with Crippen LogP contribution >= 0.6 is 0 Å². The fraction of sp³-hybridized carbons (Fsp3) is 1.00. The molecule has 0 aromatic carbocycles. The molecule has 1 rings (SSSR count). The van der Waals surface area contributed by atoms with E-state index in [0.717, 1.165) is 12.5 Å². The molecule has 1 unspecified atom stereocenters. The van der Waals surface area contributed by atoms with Gasteiger partial charge in [-0.3, -0.25) is 0 Å². The van der Waals surface area contributed by atoms with E-state index >= 15 is 0 Å². The zero-order valence-electron chi connectivity index (χ0n) is 8.47. The van der Waals surface area contributed by atoms with Crippen LogP contribution in [0.4, 0.5) is 0 Å². The first kappa shape index (κ1) is 10.0. The Bertz CT molecular complexity index is 108. The smallest absolute Gasteiger partial charge is 0.00191 e. The van der Waals surface area contributed by atoms with E-state index < -0.39 is 0 Å². The van der Waals surface area contributed by atoms with Gasteiger partial charge in [-0.05, 0) is 45.4 Å². The van der Waals surface area contributed by atoms with Crippen LogP contribution in [-0.4, -0.2) is 38.1 Å². The SMILES string of the molecule is CNCC(C)CN1CCCCC1. The van der Waals surface area contributed by atoms with Crippen LogP contribution in [0.15, 0.2) is 0 Å². The zero-order valence-corrected chi connectivity index (χ0v) is 8.47. The van der Waals surface area contributed by atoms with Gasteiger partial charge in [0.05, 0.1) is 0 Å². The summed E-state index contributed by atoms with van der Waals surface area (Å²) in [4.78, 5) is 2.60. The third kappa shape index (κ3) is 3.55. The van der Waals surface area contributed by atoms with Crippen molar-refractivity contribution >= 4 is 0 Å². The van der Waals surface area contributed by atoms with E-state index in [1.165, 1.54) is 38.9 Å². The number of hydrogen-bond acceptors (Lipinski definition) is 2. The van der Waals surface area contributed by atoms with E-state index in [0.29, 0.717) is 0 Å². The topological polar surface area (TPSA) is 15.3 Å². The monoisotopic (exact) mass is 170 g/mol. The van der Waals surface area contributed by atoms with Crippen molar-refractivity contribution in [3.63, 3.8) is 0 Å². The van der Waals surface area contributed by atoms with Crippen LogP contribution in [0.5, 0.6) is 0 Å². The third-order valence-corrected chi connectivity index (χ3v) is 2.57. The minimum Gasteiger partial charge on any atom is -0.319 e. The van der Waals surface area contributed by atoms with Gasteiger partial charge in [-0.25, -0.2) is 0 Å². The maximum absolute atomic E-state index is 3.23. The van der Waals surface area contributed by atoms with Crippen LogP contribution in [0.3, 0.4) is 0 Å². The molecule has 0 radical (unpaired) electrons. The van der Waals surface area contributed by atoms with Gasteiger partial charge in [0.25, 0.3) is 0 Å². The fourth-order valence-corrected chi connectivity index (χ4v) is 2.00. The highest BCUT2D eigenvalue weighted by atomic mass is 15.1. The second kappa shape index (κ2) is 5.55. The Morgan fingerprint density at radius 3 is 2.50 bits per heavy atom. The van der Waals surface area contributed by atoms with Crippen LogP contribution in [0.25, 0.3) is 0 Å². The Balaban J connectivity index is 2.11. The summed E-state index contributed by atoms with van der Waals surface area (Å²) >= 11 is 0. The molecule has 2 heteroatoms. The molecule has 2 nitrogen and oxygen atoms in total. The van der Waals surface area contributed by atoms with Gasteiger partial charge < -0.3 is 10.2 Å². The summed E-state index contributed by atoms with van der Waals surface area (Å²) in [7, 11) is 2.03. The maximum atomic E-state index is 3.23. The normalized spacial score (nSPS) is 22.5. The number of likely N-dealkylation sites (tertiary alicyclic amines) is 1. The molecule has 1 heterocycles. The molecule has 1 aliphatic heterocycles. The Labute approximate surface area is 76.3 Å². The molecule has 1 fully saturated rings. The Morgan fingerprint density at radius 2 is 1.92 bits per heavy atom. The molecule has 1 atom stereocenters.